The Labute approximate surface area is 110 Å². The molecule has 0 heterocycles. The molecule has 2 N–H and O–H groups in total. The molecule has 0 saturated carbocycles. The number of hydrogen-bond acceptors (Lipinski definition) is 3. The van der Waals surface area contributed by atoms with Crippen molar-refractivity contribution in [2.24, 2.45) is 0 Å². The Balaban J connectivity index is 2.12. The van der Waals surface area contributed by atoms with Crippen LogP contribution in [0.2, 0.25) is 0 Å². The maximum Gasteiger partial charge on any atom is 0.356 e. The third-order valence-electron chi connectivity index (χ3n) is 2.47. The summed E-state index contributed by atoms with van der Waals surface area (Å²) >= 11 is 0. The van der Waals surface area contributed by atoms with Crippen molar-refractivity contribution in [2.45, 2.75) is 0 Å². The van der Waals surface area contributed by atoms with Crippen LogP contribution < -0.4 is 14.8 Å². The third kappa shape index (κ3) is 3.58. The van der Waals surface area contributed by atoms with Gasteiger partial charge >= 0.3 is 7.60 Å². The maximum absolute atomic E-state index is 11.0. The highest BCUT2D eigenvalue weighted by molar-refractivity contribution is 7.60. The molecule has 0 spiro atoms. The molecule has 0 aliphatic heterocycles. The van der Waals surface area contributed by atoms with Gasteiger partial charge in [0.15, 0.2) is 0 Å². The first-order valence-corrected chi connectivity index (χ1v) is 7.08. The first-order valence-electron chi connectivity index (χ1n) is 5.47. The van der Waals surface area contributed by atoms with Crippen molar-refractivity contribution >= 4 is 12.9 Å². The van der Waals surface area contributed by atoms with Crippen molar-refractivity contribution in [1.82, 2.24) is 0 Å². The molecule has 0 aromatic heterocycles. The number of methoxy groups -OCH3 is 1. The smallest absolute Gasteiger partial charge is 0.356 e. The fourth-order valence-corrected chi connectivity index (χ4v) is 2.03. The van der Waals surface area contributed by atoms with Gasteiger partial charge in [0.1, 0.15) is 17.2 Å². The van der Waals surface area contributed by atoms with Gasteiger partial charge in [0.25, 0.3) is 0 Å². The van der Waals surface area contributed by atoms with Crippen molar-refractivity contribution in [3.63, 3.8) is 0 Å². The topological polar surface area (TPSA) is 76.0 Å². The molecular weight excluding hydrogens is 267 g/mol. The minimum Gasteiger partial charge on any atom is -0.497 e. The Morgan fingerprint density at radius 3 is 1.68 bits per heavy atom. The SMILES string of the molecule is COc1ccc(Oc2ccc(P(=O)(O)O)cc2)cc1. The van der Waals surface area contributed by atoms with Gasteiger partial charge in [0.2, 0.25) is 0 Å². The van der Waals surface area contributed by atoms with Crippen LogP contribution in [0.3, 0.4) is 0 Å². The van der Waals surface area contributed by atoms with E-state index in [1.54, 1.807) is 31.4 Å². The van der Waals surface area contributed by atoms with E-state index < -0.39 is 7.60 Å². The second kappa shape index (κ2) is 5.45. The lowest BCUT2D eigenvalue weighted by Gasteiger charge is -2.08. The van der Waals surface area contributed by atoms with Crippen molar-refractivity contribution in [3.8, 4) is 17.2 Å². The molecule has 2 rings (SSSR count). The van der Waals surface area contributed by atoms with Crippen LogP contribution in [0, 0.1) is 0 Å². The Morgan fingerprint density at radius 1 is 0.842 bits per heavy atom. The summed E-state index contributed by atoms with van der Waals surface area (Å²) in [5, 5.41) is -0.0328. The van der Waals surface area contributed by atoms with Crippen molar-refractivity contribution in [2.75, 3.05) is 7.11 Å². The van der Waals surface area contributed by atoms with E-state index in [4.69, 9.17) is 19.3 Å². The molecule has 0 radical (unpaired) electrons. The Kier molecular flexibility index (Phi) is 3.90. The van der Waals surface area contributed by atoms with Gasteiger partial charge in [-0.05, 0) is 48.5 Å². The van der Waals surface area contributed by atoms with Crippen LogP contribution in [0.15, 0.2) is 48.5 Å². The zero-order chi connectivity index (χ0) is 13.9. The van der Waals surface area contributed by atoms with E-state index in [2.05, 4.69) is 0 Å². The predicted molar refractivity (Wildman–Crippen MR) is 71.2 cm³/mol. The van der Waals surface area contributed by atoms with Gasteiger partial charge in [-0.1, -0.05) is 0 Å². The molecule has 0 fully saturated rings. The largest absolute Gasteiger partial charge is 0.497 e. The van der Waals surface area contributed by atoms with E-state index in [-0.39, 0.29) is 5.30 Å². The summed E-state index contributed by atoms with van der Waals surface area (Å²) in [6, 6.07) is 12.7. The fraction of sp³-hybridized carbons (Fsp3) is 0.0769. The van der Waals surface area contributed by atoms with Crippen LogP contribution >= 0.6 is 7.60 Å². The molecule has 0 saturated heterocycles. The second-order valence-corrected chi connectivity index (χ2v) is 5.42. The van der Waals surface area contributed by atoms with Crippen molar-refractivity contribution in [3.05, 3.63) is 48.5 Å². The second-order valence-electron chi connectivity index (χ2n) is 3.82. The van der Waals surface area contributed by atoms with Gasteiger partial charge < -0.3 is 19.3 Å². The summed E-state index contributed by atoms with van der Waals surface area (Å²) in [6.45, 7) is 0. The first kappa shape index (κ1) is 13.6. The monoisotopic (exact) mass is 280 g/mol. The Bertz CT molecular complexity index is 585. The lowest BCUT2D eigenvalue weighted by molar-refractivity contribution is 0.387. The molecule has 19 heavy (non-hydrogen) atoms. The number of hydrogen-bond donors (Lipinski definition) is 2. The maximum atomic E-state index is 11.0. The van der Waals surface area contributed by atoms with Crippen molar-refractivity contribution < 1.29 is 23.8 Å². The standard InChI is InChI=1S/C13H13O5P/c1-17-10-2-4-11(5-3-10)18-12-6-8-13(9-7-12)19(14,15)16/h2-9H,1H3,(H2,14,15,16). The summed E-state index contributed by atoms with van der Waals surface area (Å²) in [6.07, 6.45) is 0. The minimum atomic E-state index is -4.20. The van der Waals surface area contributed by atoms with Crippen LogP contribution in [0.4, 0.5) is 0 Å². The summed E-state index contributed by atoms with van der Waals surface area (Å²) < 4.78 is 21.6. The van der Waals surface area contributed by atoms with Crippen LogP contribution in [0.25, 0.3) is 0 Å². The van der Waals surface area contributed by atoms with E-state index in [0.717, 1.165) is 5.75 Å². The average Bonchev–Trinajstić information content (AvgIpc) is 2.39. The molecule has 5 nitrogen and oxygen atoms in total. The number of rotatable bonds is 4. The molecule has 100 valence electrons. The highest BCUT2D eigenvalue weighted by Crippen LogP contribution is 2.34. The predicted octanol–water partition coefficient (Wildman–Crippen LogP) is 2.29. The zero-order valence-electron chi connectivity index (χ0n) is 10.2. The number of ether oxygens (including phenoxy) is 2. The molecule has 6 heteroatoms. The molecule has 0 atom stereocenters. The van der Waals surface area contributed by atoms with Gasteiger partial charge in [-0.3, -0.25) is 4.57 Å². The Hall–Kier alpha value is -1.81. The van der Waals surface area contributed by atoms with E-state index >= 15 is 0 Å². The summed E-state index contributed by atoms with van der Waals surface area (Å²) in [5.41, 5.74) is 0. The zero-order valence-corrected chi connectivity index (χ0v) is 11.1. The van der Waals surface area contributed by atoms with Gasteiger partial charge in [0.05, 0.1) is 12.4 Å². The molecule has 0 bridgehead atoms. The van der Waals surface area contributed by atoms with E-state index in [0.29, 0.717) is 11.5 Å². The highest BCUT2D eigenvalue weighted by atomic mass is 31.2. The van der Waals surface area contributed by atoms with Crippen LogP contribution in [0.1, 0.15) is 0 Å². The molecule has 0 amide bonds. The molecular formula is C13H13O5P. The van der Waals surface area contributed by atoms with Crippen molar-refractivity contribution in [1.29, 1.82) is 0 Å². The molecule has 2 aromatic rings. The summed E-state index contributed by atoms with van der Waals surface area (Å²) in [4.78, 5) is 18.0. The van der Waals surface area contributed by atoms with E-state index in [1.807, 2.05) is 0 Å². The van der Waals surface area contributed by atoms with Gasteiger partial charge in [0, 0.05) is 0 Å². The summed E-state index contributed by atoms with van der Waals surface area (Å²) in [7, 11) is -2.62. The van der Waals surface area contributed by atoms with Gasteiger partial charge in [-0.2, -0.15) is 0 Å². The minimum absolute atomic E-state index is 0.0328. The molecule has 2 aromatic carbocycles. The first-order chi connectivity index (χ1) is 8.99. The van der Waals surface area contributed by atoms with Crippen LogP contribution in [-0.2, 0) is 4.57 Å². The van der Waals surface area contributed by atoms with Gasteiger partial charge in [-0.25, -0.2) is 0 Å². The molecule has 0 aliphatic rings. The van der Waals surface area contributed by atoms with Crippen LogP contribution in [-0.4, -0.2) is 16.9 Å². The lowest BCUT2D eigenvalue weighted by atomic mass is 10.3. The van der Waals surface area contributed by atoms with Crippen LogP contribution in [0.5, 0.6) is 17.2 Å². The fourth-order valence-electron chi connectivity index (χ4n) is 1.49. The normalized spacial score (nSPS) is 11.1. The van der Waals surface area contributed by atoms with E-state index in [9.17, 15) is 4.57 Å². The average molecular weight is 280 g/mol. The lowest BCUT2D eigenvalue weighted by Crippen LogP contribution is -2.02. The van der Waals surface area contributed by atoms with E-state index in [1.165, 1.54) is 24.3 Å². The molecule has 0 aliphatic carbocycles. The Morgan fingerprint density at radius 2 is 1.26 bits per heavy atom. The molecule has 0 unspecified atom stereocenters. The quantitative estimate of drug-likeness (QED) is 0.840. The summed E-state index contributed by atoms with van der Waals surface area (Å²) in [5.74, 6) is 1.84. The number of benzene rings is 2. The third-order valence-corrected chi connectivity index (χ3v) is 3.44. The van der Waals surface area contributed by atoms with Gasteiger partial charge in [-0.15, -0.1) is 0 Å². The highest BCUT2D eigenvalue weighted by Gasteiger charge is 2.16.